The molecule has 0 spiro atoms. The highest BCUT2D eigenvalue weighted by molar-refractivity contribution is 9.10. The van der Waals surface area contributed by atoms with Crippen LogP contribution in [-0.2, 0) is 0 Å². The van der Waals surface area contributed by atoms with Crippen LogP contribution in [0.4, 0.5) is 0 Å². The standard InChI is InChI=1S/C12H11BrO2/c1-4-8(2)15-12-6-5-10(9(3)14)7-11(12)13/h1,5-8H,2-3H3. The third-order valence-electron chi connectivity index (χ3n) is 1.88. The van der Waals surface area contributed by atoms with Crippen LogP contribution in [0.15, 0.2) is 22.7 Å². The van der Waals surface area contributed by atoms with Crippen LogP contribution in [-0.4, -0.2) is 11.9 Å². The van der Waals surface area contributed by atoms with E-state index in [9.17, 15) is 4.79 Å². The highest BCUT2D eigenvalue weighted by Gasteiger charge is 2.07. The van der Waals surface area contributed by atoms with Gasteiger partial charge < -0.3 is 4.74 Å². The molecule has 2 nitrogen and oxygen atoms in total. The normalized spacial score (nSPS) is 11.6. The van der Waals surface area contributed by atoms with Crippen LogP contribution in [0.3, 0.4) is 0 Å². The minimum atomic E-state index is -0.288. The predicted octanol–water partition coefficient (Wildman–Crippen LogP) is 3.05. The summed E-state index contributed by atoms with van der Waals surface area (Å²) in [6.45, 7) is 3.30. The van der Waals surface area contributed by atoms with E-state index in [1.165, 1.54) is 6.92 Å². The van der Waals surface area contributed by atoms with E-state index in [0.717, 1.165) is 4.47 Å². The summed E-state index contributed by atoms with van der Waals surface area (Å²) in [4.78, 5) is 11.1. The Morgan fingerprint density at radius 3 is 2.73 bits per heavy atom. The molecule has 1 unspecified atom stereocenters. The summed E-state index contributed by atoms with van der Waals surface area (Å²) in [5.41, 5.74) is 0.641. The van der Waals surface area contributed by atoms with Gasteiger partial charge in [-0.05, 0) is 48.0 Å². The van der Waals surface area contributed by atoms with Crippen molar-refractivity contribution in [2.45, 2.75) is 20.0 Å². The molecular weight excluding hydrogens is 256 g/mol. The van der Waals surface area contributed by atoms with E-state index in [1.807, 2.05) is 0 Å². The molecule has 1 rings (SSSR count). The minimum absolute atomic E-state index is 0.0206. The fourth-order valence-electron chi connectivity index (χ4n) is 1.04. The van der Waals surface area contributed by atoms with E-state index >= 15 is 0 Å². The molecule has 0 fully saturated rings. The van der Waals surface area contributed by atoms with Gasteiger partial charge in [-0.3, -0.25) is 4.79 Å². The van der Waals surface area contributed by atoms with Gasteiger partial charge in [-0.1, -0.05) is 5.92 Å². The smallest absolute Gasteiger partial charge is 0.159 e. The Balaban J connectivity index is 2.94. The minimum Gasteiger partial charge on any atom is -0.477 e. The van der Waals surface area contributed by atoms with Crippen LogP contribution < -0.4 is 4.74 Å². The largest absolute Gasteiger partial charge is 0.477 e. The van der Waals surface area contributed by atoms with Crippen molar-refractivity contribution >= 4 is 21.7 Å². The average molecular weight is 267 g/mol. The molecule has 0 amide bonds. The van der Waals surface area contributed by atoms with Gasteiger partial charge in [0.05, 0.1) is 4.47 Å². The van der Waals surface area contributed by atoms with Crippen molar-refractivity contribution in [1.82, 2.24) is 0 Å². The molecule has 0 N–H and O–H groups in total. The maximum atomic E-state index is 11.1. The Morgan fingerprint density at radius 1 is 1.60 bits per heavy atom. The highest BCUT2D eigenvalue weighted by Crippen LogP contribution is 2.26. The maximum absolute atomic E-state index is 11.1. The van der Waals surface area contributed by atoms with E-state index < -0.39 is 0 Å². The zero-order valence-corrected chi connectivity index (χ0v) is 10.2. The Kier molecular flexibility index (Phi) is 3.93. The van der Waals surface area contributed by atoms with Crippen LogP contribution in [0.2, 0.25) is 0 Å². The second-order valence-electron chi connectivity index (χ2n) is 3.13. The molecule has 0 aliphatic carbocycles. The molecule has 0 aliphatic heterocycles. The van der Waals surface area contributed by atoms with Gasteiger partial charge in [0.25, 0.3) is 0 Å². The van der Waals surface area contributed by atoms with Gasteiger partial charge in [0.2, 0.25) is 0 Å². The van der Waals surface area contributed by atoms with E-state index in [1.54, 1.807) is 25.1 Å². The Morgan fingerprint density at radius 2 is 2.27 bits per heavy atom. The molecule has 15 heavy (non-hydrogen) atoms. The fourth-order valence-corrected chi connectivity index (χ4v) is 1.51. The molecular formula is C12H11BrO2. The number of carbonyl (C=O) groups is 1. The summed E-state index contributed by atoms with van der Waals surface area (Å²) in [5.74, 6) is 3.13. The van der Waals surface area contributed by atoms with Crippen LogP contribution in [0, 0.1) is 12.3 Å². The Labute approximate surface area is 97.8 Å². The quantitative estimate of drug-likeness (QED) is 0.621. The molecule has 0 aliphatic rings. The Bertz CT molecular complexity index is 418. The number of carbonyl (C=O) groups excluding carboxylic acids is 1. The molecule has 0 bridgehead atoms. The van der Waals surface area contributed by atoms with Crippen LogP contribution >= 0.6 is 15.9 Å². The Hall–Kier alpha value is -1.27. The van der Waals surface area contributed by atoms with E-state index in [0.29, 0.717) is 11.3 Å². The first-order chi connectivity index (χ1) is 7.04. The number of ketones is 1. The number of benzene rings is 1. The molecule has 78 valence electrons. The fraction of sp³-hybridized carbons (Fsp3) is 0.250. The van der Waals surface area contributed by atoms with Gasteiger partial charge in [-0.2, -0.15) is 0 Å². The van der Waals surface area contributed by atoms with E-state index in [2.05, 4.69) is 21.9 Å². The number of terminal acetylenes is 1. The number of rotatable bonds is 3. The van der Waals surface area contributed by atoms with E-state index in [4.69, 9.17) is 11.2 Å². The predicted molar refractivity (Wildman–Crippen MR) is 63.1 cm³/mol. The second kappa shape index (κ2) is 4.99. The molecule has 0 saturated carbocycles. The number of ether oxygens (including phenoxy) is 1. The van der Waals surface area contributed by atoms with Crippen molar-refractivity contribution in [3.05, 3.63) is 28.2 Å². The number of hydrogen-bond acceptors (Lipinski definition) is 2. The molecule has 1 aromatic rings. The maximum Gasteiger partial charge on any atom is 0.159 e. The third kappa shape index (κ3) is 3.10. The van der Waals surface area contributed by atoms with Crippen molar-refractivity contribution in [2.24, 2.45) is 0 Å². The summed E-state index contributed by atoms with van der Waals surface area (Å²) in [7, 11) is 0. The van der Waals surface area contributed by atoms with Crippen LogP contribution in [0.5, 0.6) is 5.75 Å². The SMILES string of the molecule is C#CC(C)Oc1ccc(C(C)=O)cc1Br. The monoisotopic (exact) mass is 266 g/mol. The van der Waals surface area contributed by atoms with Gasteiger partial charge in [-0.15, -0.1) is 6.42 Å². The first-order valence-electron chi connectivity index (χ1n) is 4.48. The van der Waals surface area contributed by atoms with Gasteiger partial charge in [0.15, 0.2) is 11.9 Å². The number of halogens is 1. The van der Waals surface area contributed by atoms with Gasteiger partial charge >= 0.3 is 0 Å². The summed E-state index contributed by atoms with van der Waals surface area (Å²) < 4.78 is 6.17. The molecule has 1 aromatic carbocycles. The lowest BCUT2D eigenvalue weighted by atomic mass is 10.1. The molecule has 0 aromatic heterocycles. The van der Waals surface area contributed by atoms with Crippen LogP contribution in [0.25, 0.3) is 0 Å². The zero-order valence-electron chi connectivity index (χ0n) is 8.58. The summed E-state index contributed by atoms with van der Waals surface area (Å²) in [5, 5.41) is 0. The zero-order chi connectivity index (χ0) is 11.4. The van der Waals surface area contributed by atoms with Gasteiger partial charge in [0.1, 0.15) is 5.75 Å². The lowest BCUT2D eigenvalue weighted by Crippen LogP contribution is -2.08. The first kappa shape index (κ1) is 11.8. The molecule has 1 atom stereocenters. The van der Waals surface area contributed by atoms with Crippen LogP contribution in [0.1, 0.15) is 24.2 Å². The highest BCUT2D eigenvalue weighted by atomic mass is 79.9. The van der Waals surface area contributed by atoms with E-state index in [-0.39, 0.29) is 11.9 Å². The average Bonchev–Trinajstić information content (AvgIpc) is 2.20. The molecule has 0 heterocycles. The summed E-state index contributed by atoms with van der Waals surface area (Å²) in [6.07, 6.45) is 4.92. The van der Waals surface area contributed by atoms with Crippen molar-refractivity contribution in [3.63, 3.8) is 0 Å². The lowest BCUT2D eigenvalue weighted by Gasteiger charge is -2.11. The lowest BCUT2D eigenvalue weighted by molar-refractivity contribution is 0.101. The first-order valence-corrected chi connectivity index (χ1v) is 5.27. The summed E-state index contributed by atoms with van der Waals surface area (Å²) >= 11 is 3.33. The topological polar surface area (TPSA) is 26.3 Å². The molecule has 0 radical (unpaired) electrons. The second-order valence-corrected chi connectivity index (χ2v) is 3.98. The molecule has 0 saturated heterocycles. The van der Waals surface area contributed by atoms with Crippen molar-refractivity contribution in [2.75, 3.05) is 0 Å². The van der Waals surface area contributed by atoms with Crippen molar-refractivity contribution in [3.8, 4) is 18.1 Å². The van der Waals surface area contributed by atoms with Gasteiger partial charge in [-0.25, -0.2) is 0 Å². The van der Waals surface area contributed by atoms with Crippen molar-refractivity contribution < 1.29 is 9.53 Å². The summed E-state index contributed by atoms with van der Waals surface area (Å²) in [6, 6.07) is 5.17. The number of Topliss-reactive ketones (excluding diaryl/α,β-unsaturated/α-hetero) is 1. The number of hydrogen-bond donors (Lipinski definition) is 0. The molecule has 3 heteroatoms. The van der Waals surface area contributed by atoms with Crippen molar-refractivity contribution in [1.29, 1.82) is 0 Å². The third-order valence-corrected chi connectivity index (χ3v) is 2.50. The van der Waals surface area contributed by atoms with Gasteiger partial charge in [0, 0.05) is 5.56 Å².